The van der Waals surface area contributed by atoms with E-state index in [2.05, 4.69) is 15.9 Å². The van der Waals surface area contributed by atoms with Gasteiger partial charge >= 0.3 is 0 Å². The van der Waals surface area contributed by atoms with Crippen molar-refractivity contribution < 1.29 is 4.39 Å². The Hall–Kier alpha value is -0.570. The average Bonchev–Trinajstić information content (AvgIpc) is 2.33. The molecule has 0 N–H and O–H groups in total. The molecule has 18 heavy (non-hydrogen) atoms. The Morgan fingerprint density at radius 3 is 2.50 bits per heavy atom. The summed E-state index contributed by atoms with van der Waals surface area (Å²) in [6.45, 7) is 1.69. The van der Waals surface area contributed by atoms with Gasteiger partial charge in [0.1, 0.15) is 5.82 Å². The molecule has 4 heteroatoms. The van der Waals surface area contributed by atoms with Gasteiger partial charge in [0.2, 0.25) is 0 Å². The maximum absolute atomic E-state index is 13.4. The predicted octanol–water partition coefficient (Wildman–Crippen LogP) is 5.88. The van der Waals surface area contributed by atoms with Gasteiger partial charge in [-0.05, 0) is 41.8 Å². The van der Waals surface area contributed by atoms with Crippen LogP contribution in [-0.2, 0) is 0 Å². The van der Waals surface area contributed by atoms with Crippen molar-refractivity contribution in [3.05, 3.63) is 68.4 Å². The summed E-state index contributed by atoms with van der Waals surface area (Å²) in [6.07, 6.45) is 0. The fourth-order valence-electron chi connectivity index (χ4n) is 1.72. The Morgan fingerprint density at radius 1 is 1.17 bits per heavy atom. The topological polar surface area (TPSA) is 0 Å². The van der Waals surface area contributed by atoms with Crippen molar-refractivity contribution in [2.75, 3.05) is 0 Å². The summed E-state index contributed by atoms with van der Waals surface area (Å²) in [5.41, 5.74) is 2.16. The molecule has 0 saturated carbocycles. The Bertz CT molecular complexity index is 584. The van der Waals surface area contributed by atoms with Crippen LogP contribution in [0.5, 0.6) is 0 Å². The van der Waals surface area contributed by atoms with Crippen molar-refractivity contribution in [2.45, 2.75) is 12.3 Å². The molecule has 0 saturated heterocycles. The van der Waals surface area contributed by atoms with E-state index in [0.717, 1.165) is 10.0 Å². The molecule has 2 rings (SSSR count). The minimum Gasteiger partial charge on any atom is -0.207 e. The molecule has 1 unspecified atom stereocenters. The van der Waals surface area contributed by atoms with E-state index in [1.54, 1.807) is 13.0 Å². The highest BCUT2D eigenvalue weighted by atomic mass is 79.9. The molecule has 0 fully saturated rings. The minimum atomic E-state index is -0.410. The van der Waals surface area contributed by atoms with Crippen molar-refractivity contribution >= 4 is 39.1 Å². The molecule has 0 aliphatic heterocycles. The number of alkyl halides is 1. The Morgan fingerprint density at radius 2 is 1.83 bits per heavy atom. The van der Waals surface area contributed by atoms with Gasteiger partial charge in [0.15, 0.2) is 0 Å². The Labute approximate surface area is 124 Å². The van der Waals surface area contributed by atoms with E-state index in [9.17, 15) is 4.39 Å². The number of halogens is 4. The molecule has 0 spiro atoms. The first-order valence-electron chi connectivity index (χ1n) is 5.34. The fourth-order valence-corrected chi connectivity index (χ4v) is 3.05. The van der Waals surface area contributed by atoms with Crippen LogP contribution in [0, 0.1) is 12.7 Å². The standard InChI is InChI=1S/C14H10BrCl2F/c1-8-6-10(12(16)7-13(8)18)14(17)9-4-2-3-5-11(9)15/h2-7,14H,1H3. The van der Waals surface area contributed by atoms with E-state index in [0.29, 0.717) is 16.1 Å². The lowest BCUT2D eigenvalue weighted by Crippen LogP contribution is -1.97. The van der Waals surface area contributed by atoms with E-state index in [1.165, 1.54) is 6.07 Å². The number of hydrogen-bond acceptors (Lipinski definition) is 0. The molecule has 2 aromatic rings. The van der Waals surface area contributed by atoms with Crippen molar-refractivity contribution in [1.82, 2.24) is 0 Å². The third kappa shape index (κ3) is 2.71. The summed E-state index contributed by atoms with van der Waals surface area (Å²) in [6, 6.07) is 10.6. The lowest BCUT2D eigenvalue weighted by Gasteiger charge is -2.15. The van der Waals surface area contributed by atoms with Crippen LogP contribution in [0.3, 0.4) is 0 Å². The molecule has 0 aliphatic rings. The molecule has 0 nitrogen and oxygen atoms in total. The van der Waals surface area contributed by atoms with Crippen molar-refractivity contribution in [1.29, 1.82) is 0 Å². The second kappa shape index (κ2) is 5.60. The second-order valence-electron chi connectivity index (χ2n) is 4.01. The zero-order chi connectivity index (χ0) is 13.3. The quantitative estimate of drug-likeness (QED) is 0.595. The predicted molar refractivity (Wildman–Crippen MR) is 78.0 cm³/mol. The van der Waals surface area contributed by atoms with Crippen LogP contribution in [-0.4, -0.2) is 0 Å². The molecular formula is C14H10BrCl2F. The van der Waals surface area contributed by atoms with E-state index >= 15 is 0 Å². The first-order chi connectivity index (χ1) is 8.50. The van der Waals surface area contributed by atoms with Crippen LogP contribution in [0.15, 0.2) is 40.9 Å². The van der Waals surface area contributed by atoms with Crippen LogP contribution in [0.4, 0.5) is 4.39 Å². The normalized spacial score (nSPS) is 12.5. The van der Waals surface area contributed by atoms with Crippen molar-refractivity contribution in [2.24, 2.45) is 0 Å². The Balaban J connectivity index is 2.50. The number of hydrogen-bond donors (Lipinski definition) is 0. The monoisotopic (exact) mass is 346 g/mol. The molecule has 0 aromatic heterocycles. The SMILES string of the molecule is Cc1cc(C(Cl)c2ccccc2Br)c(Cl)cc1F. The first-order valence-corrected chi connectivity index (χ1v) is 6.95. The summed E-state index contributed by atoms with van der Waals surface area (Å²) in [7, 11) is 0. The lowest BCUT2D eigenvalue weighted by molar-refractivity contribution is 0.618. The summed E-state index contributed by atoms with van der Waals surface area (Å²) >= 11 is 15.9. The van der Waals surface area contributed by atoms with Gasteiger partial charge in [-0.25, -0.2) is 4.39 Å². The molecule has 94 valence electrons. The summed E-state index contributed by atoms with van der Waals surface area (Å²) in [5.74, 6) is -0.320. The largest absolute Gasteiger partial charge is 0.207 e. The minimum absolute atomic E-state index is 0.320. The van der Waals surface area contributed by atoms with E-state index < -0.39 is 5.38 Å². The highest BCUT2D eigenvalue weighted by Crippen LogP contribution is 2.37. The van der Waals surface area contributed by atoms with Crippen LogP contribution in [0.1, 0.15) is 22.1 Å². The van der Waals surface area contributed by atoms with E-state index in [4.69, 9.17) is 23.2 Å². The van der Waals surface area contributed by atoms with Gasteiger partial charge in [-0.15, -0.1) is 11.6 Å². The van der Waals surface area contributed by atoms with Gasteiger partial charge in [0, 0.05) is 9.50 Å². The van der Waals surface area contributed by atoms with Gasteiger partial charge in [0.05, 0.1) is 5.38 Å². The Kier molecular flexibility index (Phi) is 4.31. The molecule has 0 heterocycles. The summed E-state index contributed by atoms with van der Waals surface area (Å²) < 4.78 is 14.3. The van der Waals surface area contributed by atoms with Crippen LogP contribution in [0.25, 0.3) is 0 Å². The molecule has 2 aromatic carbocycles. The van der Waals surface area contributed by atoms with E-state index in [1.807, 2.05) is 24.3 Å². The molecule has 0 amide bonds. The molecule has 0 radical (unpaired) electrons. The smallest absolute Gasteiger partial charge is 0.127 e. The molecule has 0 bridgehead atoms. The third-order valence-electron chi connectivity index (χ3n) is 2.73. The maximum Gasteiger partial charge on any atom is 0.127 e. The van der Waals surface area contributed by atoms with Crippen molar-refractivity contribution in [3.8, 4) is 0 Å². The van der Waals surface area contributed by atoms with Crippen LogP contribution in [0.2, 0.25) is 5.02 Å². The molecule has 0 aliphatic carbocycles. The zero-order valence-electron chi connectivity index (χ0n) is 9.55. The first kappa shape index (κ1) is 13.9. The van der Waals surface area contributed by atoms with Crippen LogP contribution >= 0.6 is 39.1 Å². The van der Waals surface area contributed by atoms with Crippen LogP contribution < -0.4 is 0 Å². The van der Waals surface area contributed by atoms with Gasteiger partial charge in [-0.2, -0.15) is 0 Å². The second-order valence-corrected chi connectivity index (χ2v) is 5.70. The van der Waals surface area contributed by atoms with Crippen molar-refractivity contribution in [3.63, 3.8) is 0 Å². The fraction of sp³-hybridized carbons (Fsp3) is 0.143. The van der Waals surface area contributed by atoms with E-state index in [-0.39, 0.29) is 5.82 Å². The number of aryl methyl sites for hydroxylation is 1. The number of rotatable bonds is 2. The highest BCUT2D eigenvalue weighted by molar-refractivity contribution is 9.10. The molecule has 1 atom stereocenters. The highest BCUT2D eigenvalue weighted by Gasteiger charge is 2.18. The molecular weight excluding hydrogens is 338 g/mol. The summed E-state index contributed by atoms with van der Waals surface area (Å²) in [4.78, 5) is 0. The van der Waals surface area contributed by atoms with Gasteiger partial charge in [-0.3, -0.25) is 0 Å². The van der Waals surface area contributed by atoms with Gasteiger partial charge < -0.3 is 0 Å². The summed E-state index contributed by atoms with van der Waals surface area (Å²) in [5, 5.41) is -0.0683. The average molecular weight is 348 g/mol. The third-order valence-corrected chi connectivity index (χ3v) is 4.25. The van der Waals surface area contributed by atoms with Gasteiger partial charge in [0.25, 0.3) is 0 Å². The number of benzene rings is 2. The lowest BCUT2D eigenvalue weighted by atomic mass is 10.0. The van der Waals surface area contributed by atoms with Gasteiger partial charge in [-0.1, -0.05) is 45.7 Å². The zero-order valence-corrected chi connectivity index (χ0v) is 12.7. The maximum atomic E-state index is 13.4.